The highest BCUT2D eigenvalue weighted by molar-refractivity contribution is 5.82. The molecule has 27 heavy (non-hydrogen) atoms. The van der Waals surface area contributed by atoms with Crippen molar-refractivity contribution >= 4 is 17.1 Å². The van der Waals surface area contributed by atoms with Gasteiger partial charge in [-0.15, -0.1) is 0 Å². The molecule has 5 rings (SSSR count). The number of anilines is 1. The molecule has 0 bridgehead atoms. The molecule has 0 spiro atoms. The number of nitrogens with zero attached hydrogens (tertiary/aromatic N) is 3. The van der Waals surface area contributed by atoms with Gasteiger partial charge in [-0.2, -0.15) is 10.2 Å². The molecular formula is C22H15N3O2. The molecular weight excluding hydrogens is 338 g/mol. The normalized spacial score (nSPS) is 12.9. The first-order chi connectivity index (χ1) is 13.2. The van der Waals surface area contributed by atoms with E-state index in [9.17, 15) is 5.11 Å². The largest absolute Gasteiger partial charge is 0.507 e. The second-order valence-electron chi connectivity index (χ2n) is 6.65. The zero-order chi connectivity index (χ0) is 18.4. The van der Waals surface area contributed by atoms with Gasteiger partial charge in [0.1, 0.15) is 17.3 Å². The minimum absolute atomic E-state index is 0.0142. The van der Waals surface area contributed by atoms with E-state index in [4.69, 9.17) is 9.68 Å². The van der Waals surface area contributed by atoms with Crippen molar-refractivity contribution in [3.63, 3.8) is 0 Å². The van der Waals surface area contributed by atoms with Gasteiger partial charge in [-0.3, -0.25) is 0 Å². The quantitative estimate of drug-likeness (QED) is 0.570. The van der Waals surface area contributed by atoms with E-state index in [1.807, 2.05) is 36.4 Å². The highest BCUT2D eigenvalue weighted by Crippen LogP contribution is 2.32. The molecule has 5 heteroatoms. The Kier molecular flexibility index (Phi) is 3.37. The second-order valence-corrected chi connectivity index (χ2v) is 6.65. The van der Waals surface area contributed by atoms with Crippen LogP contribution >= 0.6 is 0 Å². The van der Waals surface area contributed by atoms with Gasteiger partial charge in [0.05, 0.1) is 5.56 Å². The van der Waals surface area contributed by atoms with Crippen LogP contribution in [0, 0.1) is 11.3 Å². The summed E-state index contributed by atoms with van der Waals surface area (Å²) < 4.78 is 5.96. The predicted molar refractivity (Wildman–Crippen MR) is 102 cm³/mol. The Bertz CT molecular complexity index is 1190. The zero-order valence-electron chi connectivity index (χ0n) is 14.4. The fourth-order valence-electron chi connectivity index (χ4n) is 3.50. The number of nitriles is 1. The van der Waals surface area contributed by atoms with Crippen molar-refractivity contribution in [3.8, 4) is 22.9 Å². The van der Waals surface area contributed by atoms with Crippen LogP contribution in [0.4, 0.5) is 6.01 Å². The van der Waals surface area contributed by atoms with Crippen molar-refractivity contribution in [1.29, 1.82) is 5.26 Å². The van der Waals surface area contributed by atoms with Crippen molar-refractivity contribution in [1.82, 2.24) is 4.98 Å². The standard InChI is InChI=1S/C22H15N3O2/c23-11-18-9-14(5-7-20(18)26)15-6-8-21-19(10-15)24-22(27-21)25-12-16-3-1-2-4-17(16)13-25/h1-10,26H,12-13H2. The fourth-order valence-corrected chi connectivity index (χ4v) is 3.50. The molecule has 5 nitrogen and oxygen atoms in total. The number of hydrogen-bond donors (Lipinski definition) is 1. The number of rotatable bonds is 2. The maximum Gasteiger partial charge on any atom is 0.298 e. The van der Waals surface area contributed by atoms with Crippen LogP contribution in [0.2, 0.25) is 0 Å². The van der Waals surface area contributed by atoms with Gasteiger partial charge >= 0.3 is 0 Å². The molecule has 0 saturated heterocycles. The molecule has 1 aliphatic rings. The molecule has 0 atom stereocenters. The van der Waals surface area contributed by atoms with Gasteiger partial charge in [-0.25, -0.2) is 0 Å². The lowest BCUT2D eigenvalue weighted by Gasteiger charge is -2.10. The van der Waals surface area contributed by atoms with E-state index in [-0.39, 0.29) is 11.3 Å². The second kappa shape index (κ2) is 5.89. The maximum atomic E-state index is 9.70. The van der Waals surface area contributed by atoms with Crippen molar-refractivity contribution in [2.75, 3.05) is 4.90 Å². The molecule has 0 unspecified atom stereocenters. The number of aromatic nitrogens is 1. The van der Waals surface area contributed by atoms with E-state index >= 15 is 0 Å². The fraction of sp³-hybridized carbons (Fsp3) is 0.0909. The number of phenols is 1. The highest BCUT2D eigenvalue weighted by atomic mass is 16.4. The Balaban J connectivity index is 1.50. The van der Waals surface area contributed by atoms with Gasteiger partial charge in [0.25, 0.3) is 6.01 Å². The van der Waals surface area contributed by atoms with Gasteiger partial charge in [0.2, 0.25) is 0 Å². The summed E-state index contributed by atoms with van der Waals surface area (Å²) in [6.45, 7) is 1.58. The van der Waals surface area contributed by atoms with E-state index in [1.54, 1.807) is 12.1 Å². The molecule has 0 aliphatic carbocycles. The van der Waals surface area contributed by atoms with E-state index in [2.05, 4.69) is 22.0 Å². The summed E-state index contributed by atoms with van der Waals surface area (Å²) in [6, 6.07) is 21.7. The average molecular weight is 353 g/mol. The van der Waals surface area contributed by atoms with Gasteiger partial charge in [-0.05, 0) is 46.5 Å². The summed E-state index contributed by atoms with van der Waals surface area (Å²) in [5.41, 5.74) is 6.12. The summed E-state index contributed by atoms with van der Waals surface area (Å²) in [5, 5.41) is 18.8. The third-order valence-electron chi connectivity index (χ3n) is 4.94. The summed E-state index contributed by atoms with van der Waals surface area (Å²) in [6.07, 6.45) is 0. The van der Waals surface area contributed by atoms with Crippen LogP contribution in [0.25, 0.3) is 22.2 Å². The van der Waals surface area contributed by atoms with Crippen molar-refractivity contribution < 1.29 is 9.52 Å². The van der Waals surface area contributed by atoms with Gasteiger partial charge in [-0.1, -0.05) is 36.4 Å². The number of phenolic OH excluding ortho intramolecular Hbond substituents is 1. The monoisotopic (exact) mass is 353 g/mol. The molecule has 2 heterocycles. The number of oxazole rings is 1. The molecule has 0 saturated carbocycles. The van der Waals surface area contributed by atoms with Crippen molar-refractivity contribution in [2.45, 2.75) is 13.1 Å². The zero-order valence-corrected chi connectivity index (χ0v) is 14.4. The molecule has 0 amide bonds. The van der Waals surface area contributed by atoms with E-state index in [1.165, 1.54) is 17.2 Å². The minimum Gasteiger partial charge on any atom is -0.507 e. The highest BCUT2D eigenvalue weighted by Gasteiger charge is 2.22. The molecule has 1 N–H and O–H groups in total. The van der Waals surface area contributed by atoms with Gasteiger partial charge in [0.15, 0.2) is 5.58 Å². The SMILES string of the molecule is N#Cc1cc(-c2ccc3oc(N4Cc5ccccc5C4)nc3c2)ccc1O. The Morgan fingerprint density at radius 3 is 2.41 bits per heavy atom. The first kappa shape index (κ1) is 15.5. The Labute approximate surface area is 155 Å². The Morgan fingerprint density at radius 2 is 1.67 bits per heavy atom. The molecule has 1 aliphatic heterocycles. The smallest absolute Gasteiger partial charge is 0.298 e. The molecule has 130 valence electrons. The minimum atomic E-state index is -0.0142. The third kappa shape index (κ3) is 2.59. The first-order valence-electron chi connectivity index (χ1n) is 8.67. The van der Waals surface area contributed by atoms with Crippen LogP contribution in [0.5, 0.6) is 5.75 Å². The molecule has 0 radical (unpaired) electrons. The molecule has 3 aromatic carbocycles. The number of aromatic hydroxyl groups is 1. The Morgan fingerprint density at radius 1 is 0.963 bits per heavy atom. The summed E-state index contributed by atoms with van der Waals surface area (Å²) in [7, 11) is 0. The molecule has 4 aromatic rings. The first-order valence-corrected chi connectivity index (χ1v) is 8.67. The van der Waals surface area contributed by atoms with Crippen molar-refractivity contribution in [3.05, 3.63) is 77.4 Å². The number of hydrogen-bond acceptors (Lipinski definition) is 5. The topological polar surface area (TPSA) is 73.3 Å². The summed E-state index contributed by atoms with van der Waals surface area (Å²) in [4.78, 5) is 6.79. The summed E-state index contributed by atoms with van der Waals surface area (Å²) >= 11 is 0. The molecule has 1 aromatic heterocycles. The van der Waals surface area contributed by atoms with Gasteiger partial charge < -0.3 is 14.4 Å². The lowest BCUT2D eigenvalue weighted by atomic mass is 10.0. The van der Waals surface area contributed by atoms with Crippen LogP contribution in [0.3, 0.4) is 0 Å². The van der Waals surface area contributed by atoms with Crippen LogP contribution < -0.4 is 4.90 Å². The van der Waals surface area contributed by atoms with Crippen LogP contribution in [0.15, 0.2) is 65.1 Å². The number of benzene rings is 3. The maximum absolute atomic E-state index is 9.70. The lowest BCUT2D eigenvalue weighted by molar-refractivity contribution is 0.473. The average Bonchev–Trinajstić information content (AvgIpc) is 3.31. The van der Waals surface area contributed by atoms with Gasteiger partial charge in [0, 0.05) is 13.1 Å². The lowest BCUT2D eigenvalue weighted by Crippen LogP contribution is -2.14. The Hall–Kier alpha value is -3.78. The van der Waals surface area contributed by atoms with E-state index in [0.717, 1.165) is 35.3 Å². The predicted octanol–water partition coefficient (Wildman–Crippen LogP) is 4.59. The van der Waals surface area contributed by atoms with Crippen molar-refractivity contribution in [2.24, 2.45) is 0 Å². The molecule has 0 fully saturated rings. The van der Waals surface area contributed by atoms with Crippen LogP contribution in [-0.4, -0.2) is 10.1 Å². The van der Waals surface area contributed by atoms with Crippen LogP contribution in [-0.2, 0) is 13.1 Å². The van der Waals surface area contributed by atoms with Crippen LogP contribution in [0.1, 0.15) is 16.7 Å². The van der Waals surface area contributed by atoms with E-state index < -0.39 is 0 Å². The van der Waals surface area contributed by atoms with E-state index in [0.29, 0.717) is 6.01 Å². The summed E-state index contributed by atoms with van der Waals surface area (Å²) in [5.74, 6) is -0.0142. The third-order valence-corrected chi connectivity index (χ3v) is 4.94. The number of fused-ring (bicyclic) bond motifs is 2.